The molecule has 0 aromatic heterocycles. The summed E-state index contributed by atoms with van der Waals surface area (Å²) in [6, 6.07) is 12.3. The van der Waals surface area contributed by atoms with E-state index in [2.05, 4.69) is 10.6 Å². The highest BCUT2D eigenvalue weighted by Gasteiger charge is 2.18. The third-order valence-corrected chi connectivity index (χ3v) is 4.37. The van der Waals surface area contributed by atoms with E-state index in [1.807, 2.05) is 30.3 Å². The van der Waals surface area contributed by atoms with Crippen LogP contribution < -0.4 is 15.4 Å². The Kier molecular flexibility index (Phi) is 7.80. The first kappa shape index (κ1) is 21.2. The highest BCUT2D eigenvalue weighted by molar-refractivity contribution is 5.75. The molecule has 0 aliphatic carbocycles. The van der Waals surface area contributed by atoms with Gasteiger partial charge in [0.05, 0.1) is 13.2 Å². The van der Waals surface area contributed by atoms with E-state index < -0.39 is 23.9 Å². The third kappa shape index (κ3) is 6.57. The fraction of sp³-hybridized carbons (Fsp3) is 0.333. The van der Waals surface area contributed by atoms with Gasteiger partial charge in [-0.15, -0.1) is 0 Å². The fourth-order valence-electron chi connectivity index (χ4n) is 2.97. The Hall–Kier alpha value is -3.09. The van der Waals surface area contributed by atoms with E-state index in [0.717, 1.165) is 5.56 Å². The highest BCUT2D eigenvalue weighted by Crippen LogP contribution is 2.25. The molecule has 0 bridgehead atoms. The van der Waals surface area contributed by atoms with Crippen LogP contribution in [0.15, 0.2) is 48.5 Å². The number of hydrogen-bond acceptors (Lipinski definition) is 3. The Balaban J connectivity index is 2.03. The number of ether oxygens (including phenoxy) is 1. The average Bonchev–Trinajstić information content (AvgIpc) is 2.66. The minimum Gasteiger partial charge on any atom is -0.496 e. The molecule has 2 rings (SSSR count). The summed E-state index contributed by atoms with van der Waals surface area (Å²) in [4.78, 5) is 23.4. The average molecular weight is 388 g/mol. The quantitative estimate of drug-likeness (QED) is 0.612. The second kappa shape index (κ2) is 10.3. The maximum Gasteiger partial charge on any atom is 0.315 e. The van der Waals surface area contributed by atoms with Gasteiger partial charge in [0.25, 0.3) is 0 Å². The van der Waals surface area contributed by atoms with Crippen molar-refractivity contribution >= 4 is 12.0 Å². The van der Waals surface area contributed by atoms with E-state index in [1.54, 1.807) is 6.92 Å². The molecule has 3 N–H and O–H groups in total. The van der Waals surface area contributed by atoms with Gasteiger partial charge in [-0.05, 0) is 43.5 Å². The zero-order valence-electron chi connectivity index (χ0n) is 15.9. The zero-order chi connectivity index (χ0) is 20.5. The van der Waals surface area contributed by atoms with Crippen molar-refractivity contribution < 1.29 is 23.8 Å². The van der Waals surface area contributed by atoms with E-state index in [4.69, 9.17) is 9.84 Å². The first-order valence-electron chi connectivity index (χ1n) is 9.05. The van der Waals surface area contributed by atoms with Crippen molar-refractivity contribution in [3.8, 4) is 5.75 Å². The molecule has 0 aliphatic rings. The summed E-state index contributed by atoms with van der Waals surface area (Å²) in [6.45, 7) is 1.72. The number of carbonyl (C=O) groups excluding carboxylic acids is 1. The molecular formula is C21H25FN2O4. The Morgan fingerprint density at radius 1 is 1.14 bits per heavy atom. The molecule has 28 heavy (non-hydrogen) atoms. The lowest BCUT2D eigenvalue weighted by Gasteiger charge is -2.22. The minimum absolute atomic E-state index is 0.0505. The number of hydrogen-bond donors (Lipinski definition) is 3. The number of rotatable bonds is 9. The largest absolute Gasteiger partial charge is 0.496 e. The Morgan fingerprint density at radius 3 is 2.50 bits per heavy atom. The summed E-state index contributed by atoms with van der Waals surface area (Å²) in [6.07, 6.45) is 0.763. The summed E-state index contributed by atoms with van der Waals surface area (Å²) >= 11 is 0. The number of carbonyl (C=O) groups is 2. The smallest absolute Gasteiger partial charge is 0.315 e. The monoisotopic (exact) mass is 388 g/mol. The van der Waals surface area contributed by atoms with Gasteiger partial charge in [0.15, 0.2) is 0 Å². The van der Waals surface area contributed by atoms with Gasteiger partial charge in [-0.2, -0.15) is 0 Å². The van der Waals surface area contributed by atoms with Crippen LogP contribution >= 0.6 is 0 Å². The van der Waals surface area contributed by atoms with Crippen LogP contribution in [0.3, 0.4) is 0 Å². The van der Waals surface area contributed by atoms with Gasteiger partial charge in [-0.1, -0.05) is 30.3 Å². The van der Waals surface area contributed by atoms with Crippen LogP contribution in [0.5, 0.6) is 5.75 Å². The molecule has 2 unspecified atom stereocenters. The highest BCUT2D eigenvalue weighted by atomic mass is 19.1. The third-order valence-electron chi connectivity index (χ3n) is 4.37. The second-order valence-corrected chi connectivity index (χ2v) is 6.54. The predicted octanol–water partition coefficient (Wildman–Crippen LogP) is 3.67. The predicted molar refractivity (Wildman–Crippen MR) is 104 cm³/mol. The maximum absolute atomic E-state index is 13.6. The van der Waals surface area contributed by atoms with Gasteiger partial charge in [0.1, 0.15) is 11.6 Å². The first-order chi connectivity index (χ1) is 13.4. The molecule has 0 saturated carbocycles. The van der Waals surface area contributed by atoms with Crippen LogP contribution in [0.25, 0.3) is 0 Å². The molecule has 0 spiro atoms. The van der Waals surface area contributed by atoms with E-state index in [-0.39, 0.29) is 12.5 Å². The van der Waals surface area contributed by atoms with Crippen LogP contribution in [0.1, 0.15) is 36.9 Å². The number of benzene rings is 2. The van der Waals surface area contributed by atoms with Gasteiger partial charge in [0, 0.05) is 18.0 Å². The first-order valence-corrected chi connectivity index (χ1v) is 9.05. The lowest BCUT2D eigenvalue weighted by atomic mass is 10.0. The van der Waals surface area contributed by atoms with E-state index in [9.17, 15) is 14.0 Å². The van der Waals surface area contributed by atoms with Crippen molar-refractivity contribution in [3.63, 3.8) is 0 Å². The molecule has 0 heterocycles. The fourth-order valence-corrected chi connectivity index (χ4v) is 2.97. The number of amides is 2. The number of carboxylic acid groups (broad SMARTS) is 1. The SMILES string of the molecule is COc1ccc(F)cc1C(C)NC(=O)NC(CCC(=O)O)Cc1ccccc1. The number of urea groups is 1. The Morgan fingerprint density at radius 2 is 1.86 bits per heavy atom. The normalized spacial score (nSPS) is 12.7. The number of halogens is 1. The summed E-state index contributed by atoms with van der Waals surface area (Å²) < 4.78 is 18.8. The Bertz CT molecular complexity index is 798. The number of carboxylic acids is 1. The topological polar surface area (TPSA) is 87.7 Å². The summed E-state index contributed by atoms with van der Waals surface area (Å²) in [5.74, 6) is -0.868. The van der Waals surface area contributed by atoms with Crippen molar-refractivity contribution in [2.45, 2.75) is 38.3 Å². The number of methoxy groups -OCH3 is 1. The molecule has 0 aliphatic heterocycles. The molecular weight excluding hydrogens is 363 g/mol. The number of nitrogens with one attached hydrogen (secondary N) is 2. The van der Waals surface area contributed by atoms with Crippen molar-refractivity contribution in [2.24, 2.45) is 0 Å². The lowest BCUT2D eigenvalue weighted by molar-refractivity contribution is -0.137. The van der Waals surface area contributed by atoms with E-state index in [0.29, 0.717) is 24.2 Å². The standard InChI is InChI=1S/C21H25FN2O4/c1-14(18-13-16(22)8-10-19(18)28-2)23-21(27)24-17(9-11-20(25)26)12-15-6-4-3-5-7-15/h3-8,10,13-14,17H,9,11-12H2,1-2H3,(H,25,26)(H2,23,24,27). The lowest BCUT2D eigenvalue weighted by Crippen LogP contribution is -2.44. The van der Waals surface area contributed by atoms with Crippen LogP contribution in [-0.4, -0.2) is 30.3 Å². The zero-order valence-corrected chi connectivity index (χ0v) is 15.9. The molecule has 0 radical (unpaired) electrons. The molecule has 7 heteroatoms. The molecule has 6 nitrogen and oxygen atoms in total. The van der Waals surface area contributed by atoms with Gasteiger partial charge < -0.3 is 20.5 Å². The second-order valence-electron chi connectivity index (χ2n) is 6.54. The van der Waals surface area contributed by atoms with Crippen LogP contribution in [0, 0.1) is 5.82 Å². The summed E-state index contributed by atoms with van der Waals surface area (Å²) in [5.41, 5.74) is 1.51. The van der Waals surface area contributed by atoms with Crippen LogP contribution in [-0.2, 0) is 11.2 Å². The van der Waals surface area contributed by atoms with E-state index in [1.165, 1.54) is 25.3 Å². The molecule has 0 fully saturated rings. The summed E-state index contributed by atoms with van der Waals surface area (Å²) in [7, 11) is 1.48. The molecule has 2 aromatic carbocycles. The van der Waals surface area contributed by atoms with Crippen molar-refractivity contribution in [1.82, 2.24) is 10.6 Å². The number of aliphatic carboxylic acids is 1. The van der Waals surface area contributed by atoms with Crippen LogP contribution in [0.2, 0.25) is 0 Å². The van der Waals surface area contributed by atoms with Gasteiger partial charge in [0.2, 0.25) is 0 Å². The van der Waals surface area contributed by atoms with Gasteiger partial charge in [-0.3, -0.25) is 4.79 Å². The van der Waals surface area contributed by atoms with Crippen molar-refractivity contribution in [3.05, 3.63) is 65.5 Å². The minimum atomic E-state index is -0.918. The molecule has 2 aromatic rings. The van der Waals surface area contributed by atoms with Crippen LogP contribution in [0.4, 0.5) is 9.18 Å². The van der Waals surface area contributed by atoms with Crippen molar-refractivity contribution in [1.29, 1.82) is 0 Å². The molecule has 2 atom stereocenters. The van der Waals surface area contributed by atoms with E-state index >= 15 is 0 Å². The Labute approximate surface area is 163 Å². The molecule has 0 saturated heterocycles. The molecule has 150 valence electrons. The van der Waals surface area contributed by atoms with Crippen molar-refractivity contribution in [2.75, 3.05) is 7.11 Å². The van der Waals surface area contributed by atoms with Gasteiger partial charge in [-0.25, -0.2) is 9.18 Å². The maximum atomic E-state index is 13.6. The summed E-state index contributed by atoms with van der Waals surface area (Å²) in [5, 5.41) is 14.5. The van der Waals surface area contributed by atoms with Gasteiger partial charge >= 0.3 is 12.0 Å². The molecule has 2 amide bonds.